The number of nitrogens with one attached hydrogen (secondary N) is 3. The first-order chi connectivity index (χ1) is 10.2. The van der Waals surface area contributed by atoms with Gasteiger partial charge in [-0.05, 0) is 17.9 Å². The summed E-state index contributed by atoms with van der Waals surface area (Å²) in [5.74, 6) is 0.802. The molecule has 0 atom stereocenters. The first-order valence-corrected chi connectivity index (χ1v) is 7.98. The Bertz CT molecular complexity index is 571. The van der Waals surface area contributed by atoms with E-state index < -0.39 is 0 Å². The average molecular weight is 302 g/mol. The van der Waals surface area contributed by atoms with Crippen LogP contribution in [0.2, 0.25) is 0 Å². The molecule has 0 fully saturated rings. The number of fused-ring (bicyclic) bond motifs is 1. The molecule has 2 rings (SSSR count). The summed E-state index contributed by atoms with van der Waals surface area (Å²) >= 11 is 1.65. The summed E-state index contributed by atoms with van der Waals surface area (Å²) in [4.78, 5) is 2.01. The smallest absolute Gasteiger partial charge is 0.104 e. The van der Waals surface area contributed by atoms with E-state index >= 15 is 0 Å². The van der Waals surface area contributed by atoms with Crippen LogP contribution < -0.4 is 10.6 Å². The minimum atomic E-state index is 0.586. The van der Waals surface area contributed by atoms with Crippen molar-refractivity contribution in [1.29, 1.82) is 5.41 Å². The van der Waals surface area contributed by atoms with Gasteiger partial charge in [0, 0.05) is 35.8 Å². The van der Waals surface area contributed by atoms with Crippen molar-refractivity contribution in [2.45, 2.75) is 19.8 Å². The molecule has 0 bridgehead atoms. The molecule has 0 unspecified atom stereocenters. The molecule has 3 N–H and O–H groups in total. The van der Waals surface area contributed by atoms with E-state index in [9.17, 15) is 0 Å². The van der Waals surface area contributed by atoms with Crippen LogP contribution in [0.15, 0.2) is 42.2 Å². The quantitative estimate of drug-likeness (QED) is 0.530. The monoisotopic (exact) mass is 302 g/mol. The zero-order chi connectivity index (χ0) is 15.2. The highest BCUT2D eigenvalue weighted by Gasteiger charge is 2.23. The lowest BCUT2D eigenvalue weighted by molar-refractivity contribution is 0.537. The largest absolute Gasteiger partial charge is 0.391 e. The second-order valence-electron chi connectivity index (χ2n) is 4.94. The molecule has 0 spiro atoms. The van der Waals surface area contributed by atoms with Crippen LogP contribution in [-0.2, 0) is 0 Å². The Balaban J connectivity index is 2.05. The maximum absolute atomic E-state index is 7.57. The maximum Gasteiger partial charge on any atom is 0.104 e. The second-order valence-corrected chi connectivity index (χ2v) is 5.86. The van der Waals surface area contributed by atoms with Gasteiger partial charge in [0.25, 0.3) is 0 Å². The van der Waals surface area contributed by atoms with E-state index in [1.54, 1.807) is 11.3 Å². The minimum Gasteiger partial charge on any atom is -0.391 e. The number of hydrogen-bond acceptors (Lipinski definition) is 5. The molecule has 1 aromatic heterocycles. The van der Waals surface area contributed by atoms with E-state index in [2.05, 4.69) is 36.8 Å². The maximum atomic E-state index is 7.57. The topological polar surface area (TPSA) is 51.2 Å². The van der Waals surface area contributed by atoms with Crippen LogP contribution in [-0.4, -0.2) is 24.2 Å². The Morgan fingerprint density at radius 3 is 3.05 bits per heavy atom. The molecule has 112 valence electrons. The number of thiophene rings is 1. The molecule has 1 aliphatic rings. The number of unbranched alkanes of at least 4 members (excludes halogenated alkanes) is 1. The Morgan fingerprint density at radius 2 is 2.33 bits per heavy atom. The highest BCUT2D eigenvalue weighted by atomic mass is 32.1. The number of rotatable bonds is 7. The summed E-state index contributed by atoms with van der Waals surface area (Å²) in [6.45, 7) is 11.9. The molecule has 0 radical (unpaired) electrons. The molecule has 0 amide bonds. The van der Waals surface area contributed by atoms with Gasteiger partial charge < -0.3 is 20.9 Å². The van der Waals surface area contributed by atoms with Crippen molar-refractivity contribution in [3.8, 4) is 0 Å². The van der Waals surface area contributed by atoms with Crippen molar-refractivity contribution in [1.82, 2.24) is 10.2 Å². The van der Waals surface area contributed by atoms with Crippen molar-refractivity contribution in [2.75, 3.05) is 18.4 Å². The summed E-state index contributed by atoms with van der Waals surface area (Å²) < 4.78 is 0. The molecule has 0 aromatic carbocycles. The van der Waals surface area contributed by atoms with Gasteiger partial charge in [0.1, 0.15) is 10.8 Å². The molecule has 2 heterocycles. The number of anilines is 1. The highest BCUT2D eigenvalue weighted by molar-refractivity contribution is 7.14. The molecule has 1 aliphatic heterocycles. The van der Waals surface area contributed by atoms with Crippen molar-refractivity contribution in [3.05, 3.63) is 47.8 Å². The van der Waals surface area contributed by atoms with Crippen LogP contribution >= 0.6 is 11.3 Å². The van der Waals surface area contributed by atoms with Crippen molar-refractivity contribution >= 4 is 28.2 Å². The van der Waals surface area contributed by atoms with Gasteiger partial charge in [-0.15, -0.1) is 11.3 Å². The Labute approximate surface area is 130 Å². The molecule has 4 nitrogen and oxygen atoms in total. The number of hydrogen-bond donors (Lipinski definition) is 3. The zero-order valence-corrected chi connectivity index (χ0v) is 13.2. The third-order valence-corrected chi connectivity index (χ3v) is 4.20. The highest BCUT2D eigenvalue weighted by Crippen LogP contribution is 2.37. The minimum absolute atomic E-state index is 0.586. The van der Waals surface area contributed by atoms with Crippen molar-refractivity contribution in [2.24, 2.45) is 0 Å². The summed E-state index contributed by atoms with van der Waals surface area (Å²) in [5, 5.41) is 17.2. The summed E-state index contributed by atoms with van der Waals surface area (Å²) in [6, 6.07) is 2.06. The first-order valence-electron chi connectivity index (χ1n) is 7.10. The van der Waals surface area contributed by atoms with Gasteiger partial charge in [-0.2, -0.15) is 0 Å². The molecule has 0 saturated heterocycles. The second kappa shape index (κ2) is 7.13. The van der Waals surface area contributed by atoms with E-state index in [4.69, 9.17) is 5.41 Å². The van der Waals surface area contributed by atoms with E-state index in [1.165, 1.54) is 6.21 Å². The summed E-state index contributed by atoms with van der Waals surface area (Å²) in [5.41, 5.74) is 2.93. The normalized spacial score (nSPS) is 14.7. The zero-order valence-electron chi connectivity index (χ0n) is 12.4. The molecule has 0 aliphatic carbocycles. The molecular formula is C16H22N4S. The Morgan fingerprint density at radius 1 is 1.52 bits per heavy atom. The van der Waals surface area contributed by atoms with Crippen LogP contribution in [0.25, 0.3) is 5.70 Å². The van der Waals surface area contributed by atoms with E-state index in [0.29, 0.717) is 6.54 Å². The first kappa shape index (κ1) is 15.4. The molecule has 1 aromatic rings. The lowest BCUT2D eigenvalue weighted by atomic mass is 10.1. The van der Waals surface area contributed by atoms with Crippen LogP contribution in [0.4, 0.5) is 5.00 Å². The molecule has 5 heteroatoms. The Hall–Kier alpha value is -2.01. The predicted molar refractivity (Wildman–Crippen MR) is 92.6 cm³/mol. The van der Waals surface area contributed by atoms with Crippen LogP contribution in [0.1, 0.15) is 25.3 Å². The van der Waals surface area contributed by atoms with E-state index in [1.807, 2.05) is 16.5 Å². The standard InChI is InChI=1S/C16H22N4S/c1-4-5-7-18-10-14(9-17)11-20-12(2)15-6-8-21-16(15)19-13(20)3/h6,8-10,17-19H,2-5,7,11H2,1H3/b14-10+,17-9?. The third-order valence-electron chi connectivity index (χ3n) is 3.37. The Kier molecular flexibility index (Phi) is 5.22. The molecule has 21 heavy (non-hydrogen) atoms. The van der Waals surface area contributed by atoms with Crippen molar-refractivity contribution in [3.63, 3.8) is 0 Å². The lowest BCUT2D eigenvalue weighted by Crippen LogP contribution is -2.31. The van der Waals surface area contributed by atoms with Gasteiger partial charge in [0.2, 0.25) is 0 Å². The average Bonchev–Trinajstić information content (AvgIpc) is 2.94. The fourth-order valence-corrected chi connectivity index (χ4v) is 2.96. The fraction of sp³-hybridized carbons (Fsp3) is 0.312. The van der Waals surface area contributed by atoms with E-state index in [-0.39, 0.29) is 0 Å². The van der Waals surface area contributed by atoms with E-state index in [0.717, 1.165) is 47.0 Å². The molecular weight excluding hydrogens is 280 g/mol. The van der Waals surface area contributed by atoms with Crippen molar-refractivity contribution < 1.29 is 0 Å². The van der Waals surface area contributed by atoms with Gasteiger partial charge in [0.15, 0.2) is 0 Å². The summed E-state index contributed by atoms with van der Waals surface area (Å²) in [6.07, 6.45) is 5.57. The SMILES string of the molecule is C=C1Nc2sccc2C(=C)N1C/C(C=N)=C/NCCCC. The third kappa shape index (κ3) is 3.55. The lowest BCUT2D eigenvalue weighted by Gasteiger charge is -2.33. The predicted octanol–water partition coefficient (Wildman–Crippen LogP) is 3.84. The van der Waals surface area contributed by atoms with Crippen LogP contribution in [0, 0.1) is 5.41 Å². The van der Waals surface area contributed by atoms with Gasteiger partial charge in [-0.25, -0.2) is 0 Å². The van der Waals surface area contributed by atoms with Crippen LogP contribution in [0.5, 0.6) is 0 Å². The van der Waals surface area contributed by atoms with Gasteiger partial charge in [-0.3, -0.25) is 0 Å². The van der Waals surface area contributed by atoms with Gasteiger partial charge in [-0.1, -0.05) is 26.5 Å². The number of nitrogens with zero attached hydrogens (tertiary/aromatic N) is 1. The molecule has 0 saturated carbocycles. The van der Waals surface area contributed by atoms with Crippen LogP contribution in [0.3, 0.4) is 0 Å². The fourth-order valence-electron chi connectivity index (χ4n) is 2.13. The summed E-state index contributed by atoms with van der Waals surface area (Å²) in [7, 11) is 0. The van der Waals surface area contributed by atoms with Gasteiger partial charge in [0.05, 0.1) is 6.54 Å². The van der Waals surface area contributed by atoms with Gasteiger partial charge >= 0.3 is 0 Å².